The molecular formula is C67H128O6. The molecule has 1 unspecified atom stereocenters. The maximum Gasteiger partial charge on any atom is 0.306 e. The Morgan fingerprint density at radius 3 is 0.685 bits per heavy atom. The number of hydrogen-bond acceptors (Lipinski definition) is 6. The summed E-state index contributed by atoms with van der Waals surface area (Å²) >= 11 is 0. The van der Waals surface area contributed by atoms with Gasteiger partial charge in [-0.1, -0.05) is 328 Å². The number of ether oxygens (including phenoxy) is 3. The molecule has 0 radical (unpaired) electrons. The third-order valence-electron chi connectivity index (χ3n) is 15.3. The highest BCUT2D eigenvalue weighted by Crippen LogP contribution is 2.18. The molecule has 0 aliphatic heterocycles. The van der Waals surface area contributed by atoms with Crippen molar-refractivity contribution in [3.8, 4) is 0 Å². The predicted molar refractivity (Wildman–Crippen MR) is 317 cm³/mol. The molecule has 6 heteroatoms. The van der Waals surface area contributed by atoms with E-state index in [1.54, 1.807) is 0 Å². The van der Waals surface area contributed by atoms with Crippen molar-refractivity contribution in [2.24, 2.45) is 0 Å². The van der Waals surface area contributed by atoms with Gasteiger partial charge in [-0.05, 0) is 44.9 Å². The summed E-state index contributed by atoms with van der Waals surface area (Å²) in [4.78, 5) is 38.3. The van der Waals surface area contributed by atoms with E-state index < -0.39 is 6.10 Å². The Kier molecular flexibility index (Phi) is 61.1. The fraction of sp³-hybridized carbons (Fsp3) is 0.925. The Morgan fingerprint density at radius 2 is 0.452 bits per heavy atom. The predicted octanol–water partition coefficient (Wildman–Crippen LogP) is 22.4. The zero-order chi connectivity index (χ0) is 52.9. The zero-order valence-electron chi connectivity index (χ0n) is 49.7. The zero-order valence-corrected chi connectivity index (χ0v) is 49.7. The minimum absolute atomic E-state index is 0.0633. The summed E-state index contributed by atoms with van der Waals surface area (Å²) in [6.07, 6.45) is 73.7. The van der Waals surface area contributed by atoms with E-state index >= 15 is 0 Å². The highest BCUT2D eigenvalue weighted by atomic mass is 16.6. The molecule has 0 aliphatic carbocycles. The molecule has 0 saturated carbocycles. The molecule has 0 fully saturated rings. The molecule has 0 heterocycles. The van der Waals surface area contributed by atoms with Crippen molar-refractivity contribution >= 4 is 17.9 Å². The molecule has 0 aromatic carbocycles. The number of rotatable bonds is 62. The number of unbranched alkanes of at least 4 members (excludes halogenated alkanes) is 49. The van der Waals surface area contributed by atoms with Crippen LogP contribution in [0.1, 0.15) is 380 Å². The van der Waals surface area contributed by atoms with Crippen LogP contribution >= 0.6 is 0 Å². The van der Waals surface area contributed by atoms with Gasteiger partial charge in [0.2, 0.25) is 0 Å². The van der Waals surface area contributed by atoms with Crippen LogP contribution in [0.3, 0.4) is 0 Å². The fourth-order valence-electron chi connectivity index (χ4n) is 10.3. The molecule has 0 aliphatic rings. The van der Waals surface area contributed by atoms with Crippen LogP contribution in [0.15, 0.2) is 12.2 Å². The maximum atomic E-state index is 12.9. The third kappa shape index (κ3) is 60.9. The van der Waals surface area contributed by atoms with Crippen molar-refractivity contribution in [1.29, 1.82) is 0 Å². The van der Waals surface area contributed by atoms with Crippen molar-refractivity contribution in [2.45, 2.75) is 386 Å². The number of esters is 3. The molecule has 0 spiro atoms. The summed E-state index contributed by atoms with van der Waals surface area (Å²) in [6, 6.07) is 0. The van der Waals surface area contributed by atoms with Gasteiger partial charge in [0.15, 0.2) is 6.10 Å². The molecular weight excluding hydrogens is 901 g/mol. The van der Waals surface area contributed by atoms with E-state index in [1.165, 1.54) is 283 Å². The van der Waals surface area contributed by atoms with Crippen LogP contribution in [-0.4, -0.2) is 37.2 Å². The Bertz CT molecular complexity index is 1130. The lowest BCUT2D eigenvalue weighted by Crippen LogP contribution is -2.30. The second kappa shape index (κ2) is 62.7. The lowest BCUT2D eigenvalue weighted by atomic mass is 10.0. The molecule has 0 N–H and O–H groups in total. The Morgan fingerprint density at radius 1 is 0.260 bits per heavy atom. The normalized spacial score (nSPS) is 12.0. The molecule has 0 bridgehead atoms. The monoisotopic (exact) mass is 1030 g/mol. The van der Waals surface area contributed by atoms with E-state index in [0.717, 1.165) is 57.8 Å². The van der Waals surface area contributed by atoms with E-state index in [-0.39, 0.29) is 31.1 Å². The first-order valence-electron chi connectivity index (χ1n) is 33.2. The van der Waals surface area contributed by atoms with Crippen LogP contribution < -0.4 is 0 Å². The standard InChI is InChI=1S/C67H128O6/c1-4-7-10-13-16-19-22-25-27-29-31-33-34-35-37-38-40-42-45-48-51-54-57-60-66(69)72-63-64(62-71-65(68)59-56-53-50-47-44-24-21-18-15-12-9-6-3)73-67(70)61-58-55-52-49-46-43-41-39-36-32-30-28-26-23-20-17-14-11-8-5-2/h29,31,64H,4-28,30,32-63H2,1-3H3/b31-29-. The van der Waals surface area contributed by atoms with Crippen LogP contribution in [0.4, 0.5) is 0 Å². The Labute approximate surface area is 456 Å². The highest BCUT2D eigenvalue weighted by Gasteiger charge is 2.19. The maximum absolute atomic E-state index is 12.9. The third-order valence-corrected chi connectivity index (χ3v) is 15.3. The van der Waals surface area contributed by atoms with Crippen molar-refractivity contribution in [2.75, 3.05) is 13.2 Å². The van der Waals surface area contributed by atoms with Gasteiger partial charge in [0.1, 0.15) is 13.2 Å². The second-order valence-corrected chi connectivity index (χ2v) is 22.7. The van der Waals surface area contributed by atoms with Gasteiger partial charge in [-0.2, -0.15) is 0 Å². The van der Waals surface area contributed by atoms with Crippen LogP contribution in [0.5, 0.6) is 0 Å². The fourth-order valence-corrected chi connectivity index (χ4v) is 10.3. The summed E-state index contributed by atoms with van der Waals surface area (Å²) in [5.74, 6) is -0.833. The molecule has 0 rings (SSSR count). The molecule has 0 aromatic rings. The first-order chi connectivity index (χ1) is 36.0. The first-order valence-corrected chi connectivity index (χ1v) is 33.2. The van der Waals surface area contributed by atoms with E-state index in [4.69, 9.17) is 14.2 Å². The minimum atomic E-state index is -0.765. The number of carbonyl (C=O) groups excluding carboxylic acids is 3. The number of hydrogen-bond donors (Lipinski definition) is 0. The highest BCUT2D eigenvalue weighted by molar-refractivity contribution is 5.71. The van der Waals surface area contributed by atoms with Crippen molar-refractivity contribution in [1.82, 2.24) is 0 Å². The largest absolute Gasteiger partial charge is 0.462 e. The van der Waals surface area contributed by atoms with Crippen LogP contribution in [-0.2, 0) is 28.6 Å². The minimum Gasteiger partial charge on any atom is -0.462 e. The second-order valence-electron chi connectivity index (χ2n) is 22.7. The molecule has 6 nitrogen and oxygen atoms in total. The summed E-state index contributed by atoms with van der Waals surface area (Å²) in [5.41, 5.74) is 0. The first kappa shape index (κ1) is 71.2. The van der Waals surface area contributed by atoms with Crippen LogP contribution in [0.25, 0.3) is 0 Å². The SMILES string of the molecule is CCCCCCCCCC/C=C\CCCCCCCCCCCCCC(=O)OCC(COC(=O)CCCCCCCCCCCCCC)OC(=O)CCCCCCCCCCCCCCCCCCCCCC. The molecule has 0 saturated heterocycles. The van der Waals surface area contributed by atoms with Gasteiger partial charge in [-0.15, -0.1) is 0 Å². The quantitative estimate of drug-likeness (QED) is 0.0261. The average Bonchev–Trinajstić information content (AvgIpc) is 3.39. The van der Waals surface area contributed by atoms with Gasteiger partial charge in [-0.3, -0.25) is 14.4 Å². The van der Waals surface area contributed by atoms with E-state index in [9.17, 15) is 14.4 Å². The Balaban J connectivity index is 4.22. The van der Waals surface area contributed by atoms with Gasteiger partial charge >= 0.3 is 17.9 Å². The lowest BCUT2D eigenvalue weighted by Gasteiger charge is -2.18. The van der Waals surface area contributed by atoms with E-state index in [1.807, 2.05) is 0 Å². The van der Waals surface area contributed by atoms with Gasteiger partial charge in [0, 0.05) is 19.3 Å². The van der Waals surface area contributed by atoms with Gasteiger partial charge in [-0.25, -0.2) is 0 Å². The molecule has 432 valence electrons. The van der Waals surface area contributed by atoms with Gasteiger partial charge in [0.25, 0.3) is 0 Å². The molecule has 0 amide bonds. The van der Waals surface area contributed by atoms with Crippen LogP contribution in [0, 0.1) is 0 Å². The number of allylic oxidation sites excluding steroid dienone is 2. The molecule has 0 aromatic heterocycles. The summed E-state index contributed by atoms with van der Waals surface area (Å²) < 4.78 is 17.0. The van der Waals surface area contributed by atoms with Crippen molar-refractivity contribution in [3.63, 3.8) is 0 Å². The smallest absolute Gasteiger partial charge is 0.306 e. The van der Waals surface area contributed by atoms with E-state index in [0.29, 0.717) is 19.3 Å². The van der Waals surface area contributed by atoms with Gasteiger partial charge < -0.3 is 14.2 Å². The Hall–Kier alpha value is -1.85. The number of carbonyl (C=O) groups is 3. The van der Waals surface area contributed by atoms with Crippen LogP contribution in [0.2, 0.25) is 0 Å². The molecule has 73 heavy (non-hydrogen) atoms. The van der Waals surface area contributed by atoms with E-state index in [2.05, 4.69) is 32.9 Å². The topological polar surface area (TPSA) is 78.9 Å². The lowest BCUT2D eigenvalue weighted by molar-refractivity contribution is -0.167. The summed E-state index contributed by atoms with van der Waals surface area (Å²) in [6.45, 7) is 6.72. The average molecular weight is 1030 g/mol. The van der Waals surface area contributed by atoms with Crippen molar-refractivity contribution in [3.05, 3.63) is 12.2 Å². The summed E-state index contributed by atoms with van der Waals surface area (Å²) in [5, 5.41) is 0. The summed E-state index contributed by atoms with van der Waals surface area (Å²) in [7, 11) is 0. The molecule has 1 atom stereocenters. The van der Waals surface area contributed by atoms with Crippen molar-refractivity contribution < 1.29 is 28.6 Å². The van der Waals surface area contributed by atoms with Gasteiger partial charge in [0.05, 0.1) is 0 Å².